The van der Waals surface area contributed by atoms with E-state index in [0.29, 0.717) is 38.2 Å². The Morgan fingerprint density at radius 2 is 1.59 bits per heavy atom. The molecule has 2 aliphatic rings. The fraction of sp³-hybridized carbons (Fsp3) is 0.462. The minimum Gasteiger partial charge on any atom is -0.493 e. The Balaban J connectivity index is 1.55. The summed E-state index contributed by atoms with van der Waals surface area (Å²) < 4.78 is 34.7. The summed E-state index contributed by atoms with van der Waals surface area (Å²) in [6.45, 7) is 3.77. The molecule has 2 amide bonds. The van der Waals surface area contributed by atoms with Gasteiger partial charge in [-0.05, 0) is 44.2 Å². The zero-order valence-corrected chi connectivity index (χ0v) is 19.5. The molecule has 182 valence electrons. The number of carbonyl (C=O) groups is 2. The van der Waals surface area contributed by atoms with E-state index in [-0.39, 0.29) is 25.5 Å². The Bertz CT molecular complexity index is 991. The second-order valence-electron chi connectivity index (χ2n) is 9.39. The van der Waals surface area contributed by atoms with Crippen molar-refractivity contribution >= 4 is 11.8 Å². The molecule has 0 aliphatic carbocycles. The molecule has 8 heteroatoms. The van der Waals surface area contributed by atoms with Crippen LogP contribution in [0.2, 0.25) is 0 Å². The molecule has 34 heavy (non-hydrogen) atoms. The highest BCUT2D eigenvalue weighted by atomic mass is 19.1. The Hall–Kier alpha value is -3.00. The third-order valence-electron chi connectivity index (χ3n) is 6.80. The number of rotatable bonds is 6. The number of nitrogens with zero attached hydrogens (tertiary/aromatic N) is 3. The van der Waals surface area contributed by atoms with Gasteiger partial charge in [-0.25, -0.2) is 8.78 Å². The Labute approximate surface area is 199 Å². The number of amides is 2. The lowest BCUT2D eigenvalue weighted by Crippen LogP contribution is -2.53. The Morgan fingerprint density at radius 3 is 2.26 bits per heavy atom. The summed E-state index contributed by atoms with van der Waals surface area (Å²) >= 11 is 0. The lowest BCUT2D eigenvalue weighted by molar-refractivity contribution is -0.137. The van der Waals surface area contributed by atoms with Crippen molar-refractivity contribution in [3.63, 3.8) is 0 Å². The van der Waals surface area contributed by atoms with Crippen molar-refractivity contribution in [3.05, 3.63) is 65.7 Å². The molecule has 2 saturated heterocycles. The third kappa shape index (κ3) is 5.55. The number of para-hydroxylation sites is 1. The lowest BCUT2D eigenvalue weighted by atomic mass is 9.77. The molecule has 1 atom stereocenters. The van der Waals surface area contributed by atoms with E-state index in [4.69, 9.17) is 4.74 Å². The van der Waals surface area contributed by atoms with Gasteiger partial charge in [0, 0.05) is 51.1 Å². The highest BCUT2D eigenvalue weighted by Crippen LogP contribution is 2.36. The number of piperidine rings is 1. The summed E-state index contributed by atoms with van der Waals surface area (Å²) in [5.74, 6) is -1.74. The number of carbonyl (C=O) groups excluding carboxylic acids is 2. The number of benzene rings is 2. The standard InChI is InChI=1S/C26H31F2N3O3/c1-29-13-15-30(16-14-29)23(32)17-26(19-34-20-7-3-2-4-8-20)11-6-12-31(18-26)25(33)24-21(27)9-5-10-22(24)28/h2-5,7-10H,6,11-19H2,1H3/t26-/m1/s1. The SMILES string of the molecule is CN1CCN(C(=O)C[C@]2(COc3ccccc3)CCCN(C(=O)c3c(F)cccc3F)C2)CC1. The lowest BCUT2D eigenvalue weighted by Gasteiger charge is -2.43. The molecule has 2 aliphatic heterocycles. The fourth-order valence-electron chi connectivity index (χ4n) is 4.80. The normalized spacial score (nSPS) is 21.4. The van der Waals surface area contributed by atoms with E-state index < -0.39 is 28.5 Å². The van der Waals surface area contributed by atoms with Gasteiger partial charge in [-0.15, -0.1) is 0 Å². The minimum atomic E-state index is -0.879. The molecule has 0 N–H and O–H groups in total. The van der Waals surface area contributed by atoms with E-state index in [2.05, 4.69) is 4.90 Å². The van der Waals surface area contributed by atoms with Gasteiger partial charge in [0.05, 0.1) is 6.61 Å². The third-order valence-corrected chi connectivity index (χ3v) is 6.80. The summed E-state index contributed by atoms with van der Waals surface area (Å²) in [4.78, 5) is 31.9. The number of likely N-dealkylation sites (tertiary alicyclic amines) is 1. The van der Waals surface area contributed by atoms with Crippen LogP contribution in [0.4, 0.5) is 8.78 Å². The molecule has 2 aromatic rings. The summed E-state index contributed by atoms with van der Waals surface area (Å²) in [5, 5.41) is 0. The van der Waals surface area contributed by atoms with Gasteiger partial charge < -0.3 is 19.4 Å². The van der Waals surface area contributed by atoms with Crippen LogP contribution in [-0.2, 0) is 4.79 Å². The second kappa shape index (κ2) is 10.5. The van der Waals surface area contributed by atoms with Crippen LogP contribution in [0.1, 0.15) is 29.6 Å². The molecule has 2 heterocycles. The van der Waals surface area contributed by atoms with Crippen molar-refractivity contribution in [2.75, 3.05) is 52.9 Å². The smallest absolute Gasteiger partial charge is 0.259 e. The van der Waals surface area contributed by atoms with Gasteiger partial charge in [-0.3, -0.25) is 9.59 Å². The van der Waals surface area contributed by atoms with Crippen molar-refractivity contribution < 1.29 is 23.1 Å². The molecule has 4 rings (SSSR count). The number of hydrogen-bond donors (Lipinski definition) is 0. The van der Waals surface area contributed by atoms with Crippen LogP contribution in [0, 0.1) is 17.0 Å². The molecule has 0 unspecified atom stereocenters. The zero-order chi connectivity index (χ0) is 24.1. The predicted octanol–water partition coefficient (Wildman–Crippen LogP) is 3.43. The van der Waals surface area contributed by atoms with Crippen LogP contribution < -0.4 is 4.74 Å². The van der Waals surface area contributed by atoms with E-state index in [1.54, 1.807) is 0 Å². The molecule has 2 fully saturated rings. The molecule has 2 aromatic carbocycles. The van der Waals surface area contributed by atoms with Gasteiger partial charge in [-0.1, -0.05) is 24.3 Å². The summed E-state index contributed by atoms with van der Waals surface area (Å²) in [7, 11) is 2.03. The maximum atomic E-state index is 14.3. The van der Waals surface area contributed by atoms with E-state index in [1.165, 1.54) is 11.0 Å². The molecule has 6 nitrogen and oxygen atoms in total. The quantitative estimate of drug-likeness (QED) is 0.648. The van der Waals surface area contributed by atoms with Gasteiger partial charge in [0.25, 0.3) is 5.91 Å². The van der Waals surface area contributed by atoms with Gasteiger partial charge in [0.2, 0.25) is 5.91 Å². The van der Waals surface area contributed by atoms with Crippen molar-refractivity contribution in [2.24, 2.45) is 5.41 Å². The van der Waals surface area contributed by atoms with Crippen LogP contribution in [0.5, 0.6) is 5.75 Å². The monoisotopic (exact) mass is 471 g/mol. The van der Waals surface area contributed by atoms with E-state index >= 15 is 0 Å². The Morgan fingerprint density at radius 1 is 0.912 bits per heavy atom. The first kappa shape index (κ1) is 24.1. The first-order chi connectivity index (χ1) is 16.4. The van der Waals surface area contributed by atoms with Crippen LogP contribution >= 0.6 is 0 Å². The van der Waals surface area contributed by atoms with E-state index in [1.807, 2.05) is 42.3 Å². The number of hydrogen-bond acceptors (Lipinski definition) is 4. The predicted molar refractivity (Wildman–Crippen MR) is 125 cm³/mol. The van der Waals surface area contributed by atoms with Crippen molar-refractivity contribution in [1.29, 1.82) is 0 Å². The Kier molecular flexibility index (Phi) is 7.46. The molecule has 0 saturated carbocycles. The van der Waals surface area contributed by atoms with Crippen molar-refractivity contribution in [2.45, 2.75) is 19.3 Å². The molecular weight excluding hydrogens is 440 g/mol. The van der Waals surface area contributed by atoms with Crippen LogP contribution in [0.15, 0.2) is 48.5 Å². The number of likely N-dealkylation sites (N-methyl/N-ethyl adjacent to an activating group) is 1. The van der Waals surface area contributed by atoms with Crippen molar-refractivity contribution in [3.8, 4) is 5.75 Å². The molecular formula is C26H31F2N3O3. The second-order valence-corrected chi connectivity index (χ2v) is 9.39. The first-order valence-corrected chi connectivity index (χ1v) is 11.7. The number of ether oxygens (including phenoxy) is 1. The van der Waals surface area contributed by atoms with Gasteiger partial charge >= 0.3 is 0 Å². The maximum absolute atomic E-state index is 14.3. The minimum absolute atomic E-state index is 0.0242. The van der Waals surface area contributed by atoms with E-state index in [9.17, 15) is 18.4 Å². The molecule has 0 radical (unpaired) electrons. The van der Waals surface area contributed by atoms with Crippen LogP contribution in [0.3, 0.4) is 0 Å². The van der Waals surface area contributed by atoms with Crippen LogP contribution in [0.25, 0.3) is 0 Å². The summed E-state index contributed by atoms with van der Waals surface area (Å²) in [6, 6.07) is 12.7. The largest absolute Gasteiger partial charge is 0.493 e. The molecule has 0 spiro atoms. The topological polar surface area (TPSA) is 53.1 Å². The first-order valence-electron chi connectivity index (χ1n) is 11.7. The maximum Gasteiger partial charge on any atom is 0.259 e. The average molecular weight is 472 g/mol. The van der Waals surface area contributed by atoms with Crippen LogP contribution in [-0.4, -0.2) is 79.4 Å². The molecule has 0 aromatic heterocycles. The fourth-order valence-corrected chi connectivity index (χ4v) is 4.80. The van der Waals surface area contributed by atoms with E-state index in [0.717, 1.165) is 25.2 Å². The van der Waals surface area contributed by atoms with Gasteiger partial charge in [0.1, 0.15) is 22.9 Å². The zero-order valence-electron chi connectivity index (χ0n) is 19.5. The van der Waals surface area contributed by atoms with Crippen molar-refractivity contribution in [1.82, 2.24) is 14.7 Å². The summed E-state index contributed by atoms with van der Waals surface area (Å²) in [6.07, 6.45) is 1.52. The number of halogens is 2. The van der Waals surface area contributed by atoms with Gasteiger partial charge in [-0.2, -0.15) is 0 Å². The molecule has 0 bridgehead atoms. The average Bonchev–Trinajstić information content (AvgIpc) is 2.84. The highest BCUT2D eigenvalue weighted by Gasteiger charge is 2.42. The highest BCUT2D eigenvalue weighted by molar-refractivity contribution is 5.95. The number of piperazine rings is 1. The van der Waals surface area contributed by atoms with Gasteiger partial charge in [0.15, 0.2) is 0 Å². The summed E-state index contributed by atoms with van der Waals surface area (Å²) in [5.41, 5.74) is -1.20.